The molecule has 5 nitrogen and oxygen atoms in total. The second kappa shape index (κ2) is 11.0. The first-order chi connectivity index (χ1) is 9.81. The topological polar surface area (TPSA) is 72.1 Å². The second-order valence-corrected chi connectivity index (χ2v) is 4.45. The van der Waals surface area contributed by atoms with E-state index in [-0.39, 0.29) is 30.7 Å². The Kier molecular flexibility index (Phi) is 10.1. The number of carbonyl (C=O) groups is 1. The molecule has 1 heterocycles. The van der Waals surface area contributed by atoms with Gasteiger partial charge in [-0.1, -0.05) is 30.3 Å². The summed E-state index contributed by atoms with van der Waals surface area (Å²) < 4.78 is 0. The lowest BCUT2D eigenvalue weighted by molar-refractivity contribution is 0.0736. The van der Waals surface area contributed by atoms with Crippen LogP contribution in [0.5, 0.6) is 0 Å². The van der Waals surface area contributed by atoms with E-state index in [2.05, 4.69) is 9.97 Å². The monoisotopic (exact) mass is 342 g/mol. The van der Waals surface area contributed by atoms with Crippen molar-refractivity contribution >= 4 is 30.7 Å². The minimum absolute atomic E-state index is 0. The first-order valence-electron chi connectivity index (χ1n) is 6.60. The highest BCUT2D eigenvalue weighted by Crippen LogP contribution is 2.08. The molecule has 0 atom stereocenters. The van der Waals surface area contributed by atoms with E-state index < -0.39 is 0 Å². The minimum atomic E-state index is -0.115. The van der Waals surface area contributed by atoms with Crippen molar-refractivity contribution < 1.29 is 4.79 Å². The van der Waals surface area contributed by atoms with Crippen molar-refractivity contribution in [2.45, 2.75) is 13.0 Å². The number of amides is 1. The molecule has 2 N–H and O–H groups in total. The van der Waals surface area contributed by atoms with Gasteiger partial charge in [0.25, 0.3) is 5.91 Å². The van der Waals surface area contributed by atoms with E-state index in [1.54, 1.807) is 11.1 Å². The average Bonchev–Trinajstić information content (AvgIpc) is 2.52. The molecule has 0 radical (unpaired) electrons. The van der Waals surface area contributed by atoms with Crippen molar-refractivity contribution in [3.05, 3.63) is 60.2 Å². The summed E-state index contributed by atoms with van der Waals surface area (Å²) in [7, 11) is 0. The maximum atomic E-state index is 12.4. The predicted octanol–water partition coefficient (Wildman–Crippen LogP) is 2.31. The molecule has 0 aliphatic rings. The molecule has 0 spiro atoms. The van der Waals surface area contributed by atoms with Crippen LogP contribution < -0.4 is 5.73 Å². The van der Waals surface area contributed by atoms with Crippen molar-refractivity contribution in [1.82, 2.24) is 14.9 Å². The molecule has 0 bridgehead atoms. The molecule has 7 heteroatoms. The van der Waals surface area contributed by atoms with Crippen LogP contribution in [0, 0.1) is 0 Å². The van der Waals surface area contributed by atoms with Crippen LogP contribution in [0.25, 0.3) is 0 Å². The summed E-state index contributed by atoms with van der Waals surface area (Å²) in [5.74, 6) is -0.115. The third kappa shape index (κ3) is 5.97. The van der Waals surface area contributed by atoms with Crippen LogP contribution >= 0.6 is 24.8 Å². The van der Waals surface area contributed by atoms with Crippen LogP contribution in [0.15, 0.2) is 48.9 Å². The Morgan fingerprint density at radius 1 is 1.14 bits per heavy atom. The minimum Gasteiger partial charge on any atom is -0.333 e. The van der Waals surface area contributed by atoms with Crippen LogP contribution in [0.3, 0.4) is 0 Å². The van der Waals surface area contributed by atoms with E-state index in [4.69, 9.17) is 5.73 Å². The lowest BCUT2D eigenvalue weighted by atomic mass is 10.2. The van der Waals surface area contributed by atoms with Crippen molar-refractivity contribution in [2.24, 2.45) is 5.73 Å². The van der Waals surface area contributed by atoms with Gasteiger partial charge in [-0.15, -0.1) is 24.8 Å². The zero-order chi connectivity index (χ0) is 14.2. The summed E-state index contributed by atoms with van der Waals surface area (Å²) in [6.45, 7) is 1.72. The number of aromatic nitrogens is 2. The molecule has 0 fully saturated rings. The summed E-state index contributed by atoms with van der Waals surface area (Å²) in [5, 5.41) is 0. The Balaban J connectivity index is 0.00000220. The van der Waals surface area contributed by atoms with Gasteiger partial charge in [0, 0.05) is 25.5 Å². The lowest BCUT2D eigenvalue weighted by Gasteiger charge is -2.22. The Hall–Kier alpha value is -1.69. The Bertz CT molecular complexity index is 540. The zero-order valence-corrected chi connectivity index (χ0v) is 13.7. The first kappa shape index (κ1) is 20.3. The molecule has 1 aromatic heterocycles. The summed E-state index contributed by atoms with van der Waals surface area (Å²) >= 11 is 0. The van der Waals surface area contributed by atoms with Crippen molar-refractivity contribution in [1.29, 1.82) is 0 Å². The van der Waals surface area contributed by atoms with Gasteiger partial charge in [-0.3, -0.25) is 9.78 Å². The number of halogens is 2. The standard InChI is InChI=1S/C15H18N4O.2ClH/c16-7-4-10-19(12-13-5-2-1-3-6-13)15(20)14-11-17-8-9-18-14;;/h1-3,5-6,8-9,11H,4,7,10,12,16H2;2*1H. The molecule has 0 aliphatic carbocycles. The number of carbonyl (C=O) groups excluding carboxylic acids is 1. The normalized spacial score (nSPS) is 9.32. The maximum absolute atomic E-state index is 12.4. The maximum Gasteiger partial charge on any atom is 0.274 e. The van der Waals surface area contributed by atoms with Gasteiger partial charge >= 0.3 is 0 Å². The number of rotatable bonds is 6. The number of benzene rings is 1. The number of hydrogen-bond donors (Lipinski definition) is 1. The van der Waals surface area contributed by atoms with Gasteiger partial charge < -0.3 is 10.6 Å². The molecule has 1 amide bonds. The van der Waals surface area contributed by atoms with Crippen molar-refractivity contribution in [3.63, 3.8) is 0 Å². The van der Waals surface area contributed by atoms with Crippen LogP contribution in [0.1, 0.15) is 22.5 Å². The fourth-order valence-electron chi connectivity index (χ4n) is 1.91. The van der Waals surface area contributed by atoms with E-state index in [0.29, 0.717) is 25.3 Å². The number of hydrogen-bond acceptors (Lipinski definition) is 4. The van der Waals surface area contributed by atoms with Gasteiger partial charge in [-0.2, -0.15) is 0 Å². The van der Waals surface area contributed by atoms with Gasteiger partial charge in [0.1, 0.15) is 5.69 Å². The Morgan fingerprint density at radius 2 is 1.86 bits per heavy atom. The van der Waals surface area contributed by atoms with E-state index in [1.165, 1.54) is 12.4 Å². The molecule has 1 aromatic carbocycles. The van der Waals surface area contributed by atoms with Crippen molar-refractivity contribution in [2.75, 3.05) is 13.1 Å². The highest BCUT2D eigenvalue weighted by molar-refractivity contribution is 5.91. The molecule has 0 saturated carbocycles. The molecule has 0 aliphatic heterocycles. The highest BCUT2D eigenvalue weighted by atomic mass is 35.5. The van der Waals surface area contributed by atoms with Crippen LogP contribution in [-0.2, 0) is 6.54 Å². The summed E-state index contributed by atoms with van der Waals surface area (Å²) in [4.78, 5) is 22.2. The van der Waals surface area contributed by atoms with E-state index in [0.717, 1.165) is 12.0 Å². The van der Waals surface area contributed by atoms with Crippen molar-refractivity contribution in [3.8, 4) is 0 Å². The fourth-order valence-corrected chi connectivity index (χ4v) is 1.91. The largest absolute Gasteiger partial charge is 0.333 e. The summed E-state index contributed by atoms with van der Waals surface area (Å²) in [5.41, 5.74) is 6.99. The molecular weight excluding hydrogens is 323 g/mol. The van der Waals surface area contributed by atoms with Crippen LogP contribution in [-0.4, -0.2) is 33.9 Å². The Labute approximate surface area is 142 Å². The zero-order valence-electron chi connectivity index (χ0n) is 12.1. The third-order valence-electron chi connectivity index (χ3n) is 2.92. The SMILES string of the molecule is Cl.Cl.NCCCN(Cc1ccccc1)C(=O)c1cnccn1. The molecule has 0 unspecified atom stereocenters. The number of nitrogens with zero attached hydrogens (tertiary/aromatic N) is 3. The molecule has 120 valence electrons. The first-order valence-corrected chi connectivity index (χ1v) is 6.60. The summed E-state index contributed by atoms with van der Waals surface area (Å²) in [6.07, 6.45) is 5.33. The Morgan fingerprint density at radius 3 is 2.45 bits per heavy atom. The molecule has 2 aromatic rings. The van der Waals surface area contributed by atoms with Gasteiger partial charge in [-0.25, -0.2) is 4.98 Å². The van der Waals surface area contributed by atoms with Gasteiger partial charge in [0.05, 0.1) is 6.20 Å². The highest BCUT2D eigenvalue weighted by Gasteiger charge is 2.16. The van der Waals surface area contributed by atoms with Gasteiger partial charge in [-0.05, 0) is 18.5 Å². The van der Waals surface area contributed by atoms with Crippen LogP contribution in [0.4, 0.5) is 0 Å². The van der Waals surface area contributed by atoms with E-state index in [9.17, 15) is 4.79 Å². The third-order valence-corrected chi connectivity index (χ3v) is 2.92. The van der Waals surface area contributed by atoms with Gasteiger partial charge in [0.15, 0.2) is 0 Å². The fraction of sp³-hybridized carbons (Fsp3) is 0.267. The second-order valence-electron chi connectivity index (χ2n) is 4.45. The summed E-state index contributed by atoms with van der Waals surface area (Å²) in [6, 6.07) is 9.88. The quantitative estimate of drug-likeness (QED) is 0.874. The lowest BCUT2D eigenvalue weighted by Crippen LogP contribution is -2.33. The van der Waals surface area contributed by atoms with Gasteiger partial charge in [0.2, 0.25) is 0 Å². The van der Waals surface area contributed by atoms with Crippen LogP contribution in [0.2, 0.25) is 0 Å². The van der Waals surface area contributed by atoms with E-state index in [1.807, 2.05) is 30.3 Å². The number of nitrogens with two attached hydrogens (primary N) is 1. The molecule has 22 heavy (non-hydrogen) atoms. The molecule has 2 rings (SSSR count). The molecular formula is C15H20Cl2N4O. The smallest absolute Gasteiger partial charge is 0.274 e. The average molecular weight is 343 g/mol. The predicted molar refractivity (Wildman–Crippen MR) is 91.4 cm³/mol. The van der Waals surface area contributed by atoms with E-state index >= 15 is 0 Å². The molecule has 0 saturated heterocycles.